The van der Waals surface area contributed by atoms with E-state index in [9.17, 15) is 9.59 Å². The van der Waals surface area contributed by atoms with E-state index in [2.05, 4.69) is 17.2 Å². The summed E-state index contributed by atoms with van der Waals surface area (Å²) in [4.78, 5) is 22.9. The van der Waals surface area contributed by atoms with Gasteiger partial charge in [0.15, 0.2) is 0 Å². The van der Waals surface area contributed by atoms with Crippen molar-refractivity contribution in [3.8, 4) is 0 Å². The number of unbranched alkanes of at least 4 members (excludes halogenated alkanes) is 1. The van der Waals surface area contributed by atoms with E-state index in [1.54, 1.807) is 19.1 Å². The third-order valence-electron chi connectivity index (χ3n) is 2.60. The smallest absolute Gasteiger partial charge is 0.251 e. The van der Waals surface area contributed by atoms with Crippen LogP contribution >= 0.6 is 0 Å². The van der Waals surface area contributed by atoms with Crippen molar-refractivity contribution in [2.24, 2.45) is 0 Å². The van der Waals surface area contributed by atoms with Gasteiger partial charge in [0.05, 0.1) is 0 Å². The van der Waals surface area contributed by atoms with Gasteiger partial charge in [-0.15, -0.1) is 0 Å². The highest BCUT2D eigenvalue weighted by Crippen LogP contribution is 1.98. The standard InChI is InChI=1S/C15H20N2O2/c1-12(2)14(18)16-10-6-7-11-17-15(19)13-8-4-3-5-9-13/h3-5,8-9H,1,6-7,10-11H2,2H3,(H,16,18)(H,17,19). The maximum absolute atomic E-state index is 11.7. The van der Waals surface area contributed by atoms with Crippen molar-refractivity contribution in [3.63, 3.8) is 0 Å². The predicted octanol–water partition coefficient (Wildman–Crippen LogP) is 1.89. The lowest BCUT2D eigenvalue weighted by molar-refractivity contribution is -0.117. The lowest BCUT2D eigenvalue weighted by Gasteiger charge is -2.06. The number of amides is 2. The lowest BCUT2D eigenvalue weighted by Crippen LogP contribution is -2.27. The Hall–Kier alpha value is -2.10. The van der Waals surface area contributed by atoms with Gasteiger partial charge in [-0.1, -0.05) is 24.8 Å². The minimum Gasteiger partial charge on any atom is -0.352 e. The van der Waals surface area contributed by atoms with Crippen molar-refractivity contribution in [3.05, 3.63) is 48.0 Å². The molecule has 2 N–H and O–H groups in total. The summed E-state index contributed by atoms with van der Waals surface area (Å²) in [6.07, 6.45) is 1.66. The van der Waals surface area contributed by atoms with Gasteiger partial charge in [-0.25, -0.2) is 0 Å². The summed E-state index contributed by atoms with van der Waals surface area (Å²) in [6, 6.07) is 9.11. The molecule has 0 fully saturated rings. The van der Waals surface area contributed by atoms with Crippen LogP contribution in [0.15, 0.2) is 42.5 Å². The molecule has 0 radical (unpaired) electrons. The lowest BCUT2D eigenvalue weighted by atomic mass is 10.2. The Balaban J connectivity index is 2.10. The van der Waals surface area contributed by atoms with Gasteiger partial charge >= 0.3 is 0 Å². The SMILES string of the molecule is C=C(C)C(=O)NCCCCNC(=O)c1ccccc1. The van der Waals surface area contributed by atoms with E-state index in [1.165, 1.54) is 0 Å². The molecule has 0 aromatic heterocycles. The second-order valence-corrected chi connectivity index (χ2v) is 4.37. The van der Waals surface area contributed by atoms with Crippen molar-refractivity contribution in [2.75, 3.05) is 13.1 Å². The molecule has 1 aromatic carbocycles. The first-order valence-electron chi connectivity index (χ1n) is 6.38. The third-order valence-corrected chi connectivity index (χ3v) is 2.60. The molecule has 102 valence electrons. The van der Waals surface area contributed by atoms with Crippen LogP contribution in [0.5, 0.6) is 0 Å². The Morgan fingerprint density at radius 2 is 1.63 bits per heavy atom. The molecule has 4 nitrogen and oxygen atoms in total. The van der Waals surface area contributed by atoms with E-state index in [1.807, 2.05) is 18.2 Å². The minimum absolute atomic E-state index is 0.0634. The van der Waals surface area contributed by atoms with E-state index in [4.69, 9.17) is 0 Å². The molecule has 4 heteroatoms. The minimum atomic E-state index is -0.117. The van der Waals surface area contributed by atoms with Gasteiger partial charge in [0.25, 0.3) is 5.91 Å². The predicted molar refractivity (Wildman–Crippen MR) is 75.8 cm³/mol. The molecule has 0 unspecified atom stereocenters. The van der Waals surface area contributed by atoms with E-state index in [-0.39, 0.29) is 11.8 Å². The summed E-state index contributed by atoms with van der Waals surface area (Å²) in [5.41, 5.74) is 1.18. The molecule has 1 aromatic rings. The van der Waals surface area contributed by atoms with Crippen molar-refractivity contribution < 1.29 is 9.59 Å². The largest absolute Gasteiger partial charge is 0.352 e. The molecule has 0 saturated carbocycles. The van der Waals surface area contributed by atoms with E-state index >= 15 is 0 Å². The quantitative estimate of drug-likeness (QED) is 0.581. The van der Waals surface area contributed by atoms with Gasteiger partial charge in [0, 0.05) is 24.2 Å². The number of nitrogens with one attached hydrogen (secondary N) is 2. The summed E-state index contributed by atoms with van der Waals surface area (Å²) in [7, 11) is 0. The van der Waals surface area contributed by atoms with Gasteiger partial charge < -0.3 is 10.6 Å². The molecule has 0 bridgehead atoms. The molecule has 0 heterocycles. The van der Waals surface area contributed by atoms with Crippen LogP contribution in [0, 0.1) is 0 Å². The third kappa shape index (κ3) is 5.86. The highest BCUT2D eigenvalue weighted by Gasteiger charge is 2.03. The molecule has 0 spiro atoms. The fourth-order valence-corrected chi connectivity index (χ4v) is 1.50. The second-order valence-electron chi connectivity index (χ2n) is 4.37. The molecular formula is C15H20N2O2. The Labute approximate surface area is 113 Å². The summed E-state index contributed by atoms with van der Waals surface area (Å²) in [5.74, 6) is -0.181. The summed E-state index contributed by atoms with van der Waals surface area (Å²) >= 11 is 0. The Bertz CT molecular complexity index is 441. The van der Waals surface area contributed by atoms with Crippen molar-refractivity contribution >= 4 is 11.8 Å². The van der Waals surface area contributed by atoms with Crippen LogP contribution in [0.3, 0.4) is 0 Å². The van der Waals surface area contributed by atoms with Crippen LogP contribution in [0.2, 0.25) is 0 Å². The number of hydrogen-bond donors (Lipinski definition) is 2. The zero-order valence-electron chi connectivity index (χ0n) is 11.2. The number of hydrogen-bond acceptors (Lipinski definition) is 2. The Kier molecular flexibility index (Phi) is 6.36. The molecule has 0 saturated heterocycles. The van der Waals surface area contributed by atoms with Crippen LogP contribution in [-0.2, 0) is 4.79 Å². The molecule has 1 rings (SSSR count). The fourth-order valence-electron chi connectivity index (χ4n) is 1.50. The number of rotatable bonds is 7. The number of carbonyl (C=O) groups is 2. The average molecular weight is 260 g/mol. The topological polar surface area (TPSA) is 58.2 Å². The number of benzene rings is 1. The summed E-state index contributed by atoms with van der Waals surface area (Å²) in [6.45, 7) is 6.45. The van der Waals surface area contributed by atoms with Gasteiger partial charge in [-0.3, -0.25) is 9.59 Å². The molecule has 19 heavy (non-hydrogen) atoms. The van der Waals surface area contributed by atoms with Crippen LogP contribution < -0.4 is 10.6 Å². The normalized spacial score (nSPS) is 9.74. The second kappa shape index (κ2) is 8.08. The van der Waals surface area contributed by atoms with E-state index < -0.39 is 0 Å². The van der Waals surface area contributed by atoms with Crippen LogP contribution in [0.1, 0.15) is 30.1 Å². The number of carbonyl (C=O) groups excluding carboxylic acids is 2. The first-order valence-corrected chi connectivity index (χ1v) is 6.38. The van der Waals surface area contributed by atoms with Gasteiger partial charge in [-0.2, -0.15) is 0 Å². The molecule has 0 aliphatic carbocycles. The van der Waals surface area contributed by atoms with Gasteiger partial charge in [-0.05, 0) is 31.9 Å². The highest BCUT2D eigenvalue weighted by atomic mass is 16.2. The van der Waals surface area contributed by atoms with Crippen molar-refractivity contribution in [2.45, 2.75) is 19.8 Å². The Morgan fingerprint density at radius 3 is 2.21 bits per heavy atom. The summed E-state index contributed by atoms with van der Waals surface area (Å²) in [5, 5.41) is 5.59. The van der Waals surface area contributed by atoms with E-state index in [0.717, 1.165) is 12.8 Å². The molecule has 2 amide bonds. The van der Waals surface area contributed by atoms with E-state index in [0.29, 0.717) is 24.2 Å². The van der Waals surface area contributed by atoms with Crippen LogP contribution in [-0.4, -0.2) is 24.9 Å². The maximum atomic E-state index is 11.7. The monoisotopic (exact) mass is 260 g/mol. The van der Waals surface area contributed by atoms with Crippen LogP contribution in [0.25, 0.3) is 0 Å². The van der Waals surface area contributed by atoms with Crippen LogP contribution in [0.4, 0.5) is 0 Å². The van der Waals surface area contributed by atoms with Crippen molar-refractivity contribution in [1.29, 1.82) is 0 Å². The van der Waals surface area contributed by atoms with Crippen molar-refractivity contribution in [1.82, 2.24) is 10.6 Å². The van der Waals surface area contributed by atoms with Gasteiger partial charge in [0.1, 0.15) is 0 Å². The average Bonchev–Trinajstić information content (AvgIpc) is 2.42. The highest BCUT2D eigenvalue weighted by molar-refractivity contribution is 5.94. The molecular weight excluding hydrogens is 240 g/mol. The maximum Gasteiger partial charge on any atom is 0.251 e. The summed E-state index contributed by atoms with van der Waals surface area (Å²) < 4.78 is 0. The fraction of sp³-hybridized carbons (Fsp3) is 0.333. The first-order chi connectivity index (χ1) is 9.11. The zero-order valence-corrected chi connectivity index (χ0v) is 11.2. The zero-order chi connectivity index (χ0) is 14.1. The first kappa shape index (κ1) is 15.0. The molecule has 0 atom stereocenters. The molecule has 0 aliphatic rings. The Morgan fingerprint density at radius 1 is 1.05 bits per heavy atom. The van der Waals surface area contributed by atoms with Gasteiger partial charge in [0.2, 0.25) is 5.91 Å². The molecule has 0 aliphatic heterocycles.